The molecule has 1 amide bonds. The lowest BCUT2D eigenvalue weighted by Gasteiger charge is -2.36. The summed E-state index contributed by atoms with van der Waals surface area (Å²) in [6, 6.07) is 13.4. The Labute approximate surface area is 207 Å². The first-order valence-corrected chi connectivity index (χ1v) is 12.7. The first kappa shape index (κ1) is 24.8. The summed E-state index contributed by atoms with van der Waals surface area (Å²) in [5.41, 5.74) is 3.12. The van der Waals surface area contributed by atoms with E-state index < -0.39 is 0 Å². The largest absolute Gasteiger partial charge is 0.484 e. The van der Waals surface area contributed by atoms with Gasteiger partial charge in [0.15, 0.2) is 6.61 Å². The molecule has 0 aromatic heterocycles. The van der Waals surface area contributed by atoms with Gasteiger partial charge >= 0.3 is 0 Å². The van der Waals surface area contributed by atoms with Crippen LogP contribution >= 0.6 is 0 Å². The van der Waals surface area contributed by atoms with Gasteiger partial charge in [0.25, 0.3) is 11.6 Å². The van der Waals surface area contributed by atoms with E-state index in [4.69, 9.17) is 4.74 Å². The number of carbonyl (C=O) groups excluding carboxylic acids is 1. The Morgan fingerprint density at radius 1 is 0.971 bits per heavy atom. The van der Waals surface area contributed by atoms with Gasteiger partial charge in [0.1, 0.15) is 11.4 Å². The van der Waals surface area contributed by atoms with Crippen LogP contribution in [0.15, 0.2) is 42.5 Å². The summed E-state index contributed by atoms with van der Waals surface area (Å²) in [6.07, 6.45) is 4.38. The fourth-order valence-electron chi connectivity index (χ4n) is 4.83. The van der Waals surface area contributed by atoms with Crippen molar-refractivity contribution in [2.24, 2.45) is 0 Å². The fraction of sp³-hybridized carbons (Fsp3) is 0.519. The monoisotopic (exact) mass is 480 g/mol. The minimum Gasteiger partial charge on any atom is -0.484 e. The summed E-state index contributed by atoms with van der Waals surface area (Å²) in [4.78, 5) is 30.2. The lowest BCUT2D eigenvalue weighted by atomic mass is 9.99. The number of hydrogen-bond acceptors (Lipinski definition) is 6. The predicted octanol–water partition coefficient (Wildman–Crippen LogP) is 4.83. The van der Waals surface area contributed by atoms with Gasteiger partial charge in [0, 0.05) is 51.0 Å². The van der Waals surface area contributed by atoms with Gasteiger partial charge in [-0.25, -0.2) is 0 Å². The second kappa shape index (κ2) is 11.4. The van der Waals surface area contributed by atoms with Gasteiger partial charge in [-0.3, -0.25) is 14.9 Å². The molecular weight excluding hydrogens is 444 g/mol. The van der Waals surface area contributed by atoms with Crippen molar-refractivity contribution in [3.63, 3.8) is 0 Å². The summed E-state index contributed by atoms with van der Waals surface area (Å²) in [7, 11) is 0. The molecule has 0 radical (unpaired) electrons. The fourth-order valence-corrected chi connectivity index (χ4v) is 4.83. The Morgan fingerprint density at radius 3 is 2.29 bits per heavy atom. The number of nitro benzene ring substituents is 1. The minimum absolute atomic E-state index is 0.0200. The van der Waals surface area contributed by atoms with E-state index in [1.165, 1.54) is 12.0 Å². The smallest absolute Gasteiger partial charge is 0.292 e. The molecule has 4 rings (SSSR count). The van der Waals surface area contributed by atoms with Gasteiger partial charge in [-0.2, -0.15) is 0 Å². The van der Waals surface area contributed by atoms with E-state index in [0.717, 1.165) is 38.0 Å². The number of benzene rings is 2. The van der Waals surface area contributed by atoms with Crippen LogP contribution in [0.5, 0.6) is 5.75 Å². The summed E-state index contributed by atoms with van der Waals surface area (Å²) in [5.74, 6) is 1.20. The highest BCUT2D eigenvalue weighted by atomic mass is 16.6. The lowest BCUT2D eigenvalue weighted by molar-refractivity contribution is -0.384. The third-order valence-electron chi connectivity index (χ3n) is 7.27. The highest BCUT2D eigenvalue weighted by Gasteiger charge is 2.25. The zero-order valence-electron chi connectivity index (χ0n) is 20.8. The van der Waals surface area contributed by atoms with Gasteiger partial charge in [-0.15, -0.1) is 0 Å². The van der Waals surface area contributed by atoms with Crippen LogP contribution in [0.3, 0.4) is 0 Å². The molecule has 2 saturated heterocycles. The maximum Gasteiger partial charge on any atom is 0.292 e. The molecule has 0 bridgehead atoms. The number of anilines is 2. The number of nitrogens with zero attached hydrogens (tertiary/aromatic N) is 4. The van der Waals surface area contributed by atoms with Crippen molar-refractivity contribution in [3.8, 4) is 5.75 Å². The average molecular weight is 481 g/mol. The quantitative estimate of drug-likeness (QED) is 0.398. The zero-order valence-corrected chi connectivity index (χ0v) is 20.8. The lowest BCUT2D eigenvalue weighted by Crippen LogP contribution is -2.50. The van der Waals surface area contributed by atoms with Gasteiger partial charge < -0.3 is 19.4 Å². The molecule has 188 valence electrons. The van der Waals surface area contributed by atoms with E-state index in [9.17, 15) is 14.9 Å². The molecule has 2 fully saturated rings. The highest BCUT2D eigenvalue weighted by Crippen LogP contribution is 2.34. The second-order valence-electron chi connectivity index (χ2n) is 9.51. The summed E-state index contributed by atoms with van der Waals surface area (Å²) < 4.78 is 5.75. The Bertz CT molecular complexity index is 1010. The van der Waals surface area contributed by atoms with Gasteiger partial charge in [0.05, 0.1) is 4.92 Å². The molecule has 0 saturated carbocycles. The van der Waals surface area contributed by atoms with Crippen LogP contribution in [-0.2, 0) is 4.79 Å². The molecule has 0 aliphatic carbocycles. The molecule has 1 atom stereocenters. The van der Waals surface area contributed by atoms with Crippen LogP contribution in [-0.4, -0.2) is 61.6 Å². The molecule has 2 aromatic rings. The average Bonchev–Trinajstić information content (AvgIpc) is 2.91. The number of hydrogen-bond donors (Lipinski definition) is 0. The van der Waals surface area contributed by atoms with E-state index in [2.05, 4.69) is 35.8 Å². The third kappa shape index (κ3) is 6.05. The summed E-state index contributed by atoms with van der Waals surface area (Å²) in [5, 5.41) is 11.6. The highest BCUT2D eigenvalue weighted by molar-refractivity contribution is 5.78. The SMILES string of the molecule is CCC(C)c1ccc(OCC(=O)N2CCN(c3ccc([N+](=O)[O-])c(N4CCCCC4)c3)CC2)cc1. The first-order chi connectivity index (χ1) is 17.0. The summed E-state index contributed by atoms with van der Waals surface area (Å²) in [6.45, 7) is 8.68. The van der Waals surface area contributed by atoms with Crippen molar-refractivity contribution in [2.75, 3.05) is 55.7 Å². The predicted molar refractivity (Wildman–Crippen MR) is 139 cm³/mol. The van der Waals surface area contributed by atoms with Gasteiger partial charge in [0.2, 0.25) is 0 Å². The maximum atomic E-state index is 12.7. The molecule has 0 spiro atoms. The van der Waals surface area contributed by atoms with Crippen LogP contribution in [0, 0.1) is 10.1 Å². The molecule has 35 heavy (non-hydrogen) atoms. The van der Waals surface area contributed by atoms with Crippen molar-refractivity contribution >= 4 is 23.0 Å². The molecule has 2 aromatic carbocycles. The van der Waals surface area contributed by atoms with Crippen LogP contribution < -0.4 is 14.5 Å². The van der Waals surface area contributed by atoms with Crippen LogP contribution in [0.4, 0.5) is 17.1 Å². The van der Waals surface area contributed by atoms with E-state index >= 15 is 0 Å². The van der Waals surface area contributed by atoms with E-state index in [1.807, 2.05) is 29.2 Å². The molecule has 0 N–H and O–H groups in total. The number of carbonyl (C=O) groups is 1. The molecule has 2 aliphatic heterocycles. The third-order valence-corrected chi connectivity index (χ3v) is 7.27. The Morgan fingerprint density at radius 2 is 1.66 bits per heavy atom. The number of ether oxygens (including phenoxy) is 1. The van der Waals surface area contributed by atoms with Gasteiger partial charge in [-0.05, 0) is 61.4 Å². The van der Waals surface area contributed by atoms with Crippen molar-refractivity contribution in [3.05, 3.63) is 58.1 Å². The Kier molecular flexibility index (Phi) is 8.10. The topological polar surface area (TPSA) is 79.2 Å². The number of rotatable bonds is 8. The Hall–Kier alpha value is -3.29. The maximum absolute atomic E-state index is 12.7. The Balaban J connectivity index is 1.32. The molecule has 8 heteroatoms. The molecular formula is C27H36N4O4. The normalized spacial score (nSPS) is 17.3. The van der Waals surface area contributed by atoms with E-state index in [1.54, 1.807) is 6.07 Å². The standard InChI is InChI=1S/C27H36N4O4/c1-3-21(2)22-7-10-24(11-8-22)35-20-27(32)30-17-15-28(16-18-30)23-9-12-25(31(33)34)26(19-23)29-13-5-4-6-14-29/h7-12,19,21H,3-6,13-18,20H2,1-2H3. The first-order valence-electron chi connectivity index (χ1n) is 12.7. The van der Waals surface area contributed by atoms with Crippen molar-refractivity contribution in [1.29, 1.82) is 0 Å². The van der Waals surface area contributed by atoms with Crippen molar-refractivity contribution < 1.29 is 14.5 Å². The van der Waals surface area contributed by atoms with Crippen molar-refractivity contribution in [1.82, 2.24) is 4.90 Å². The number of amides is 1. The molecule has 1 unspecified atom stereocenters. The number of piperidine rings is 1. The van der Waals surface area contributed by atoms with Crippen LogP contribution in [0.1, 0.15) is 51.0 Å². The minimum atomic E-state index is -0.289. The zero-order chi connectivity index (χ0) is 24.8. The van der Waals surface area contributed by atoms with E-state index in [0.29, 0.717) is 43.5 Å². The molecule has 8 nitrogen and oxygen atoms in total. The molecule has 2 heterocycles. The van der Waals surface area contributed by atoms with Gasteiger partial charge in [-0.1, -0.05) is 26.0 Å². The van der Waals surface area contributed by atoms with E-state index in [-0.39, 0.29) is 23.1 Å². The summed E-state index contributed by atoms with van der Waals surface area (Å²) >= 11 is 0. The van der Waals surface area contributed by atoms with Crippen LogP contribution in [0.25, 0.3) is 0 Å². The second-order valence-corrected chi connectivity index (χ2v) is 9.51. The molecule has 2 aliphatic rings. The number of piperazine rings is 1. The van der Waals surface area contributed by atoms with Crippen molar-refractivity contribution in [2.45, 2.75) is 45.4 Å². The van der Waals surface area contributed by atoms with Crippen LogP contribution in [0.2, 0.25) is 0 Å². The number of nitro groups is 1.